The SMILES string of the molecule is Nc1ccc(Cl)nc1Cc1ccccn1. The van der Waals surface area contributed by atoms with E-state index in [0.717, 1.165) is 11.4 Å². The van der Waals surface area contributed by atoms with Crippen molar-refractivity contribution in [3.63, 3.8) is 0 Å². The van der Waals surface area contributed by atoms with Crippen molar-refractivity contribution >= 4 is 17.3 Å². The van der Waals surface area contributed by atoms with Crippen LogP contribution in [-0.2, 0) is 6.42 Å². The first kappa shape index (κ1) is 9.93. The highest BCUT2D eigenvalue weighted by atomic mass is 35.5. The van der Waals surface area contributed by atoms with Crippen molar-refractivity contribution in [1.29, 1.82) is 0 Å². The number of aromatic nitrogens is 2. The van der Waals surface area contributed by atoms with Gasteiger partial charge in [0.2, 0.25) is 0 Å². The Hall–Kier alpha value is -1.61. The molecule has 0 aliphatic rings. The fourth-order valence-electron chi connectivity index (χ4n) is 1.30. The Bertz CT molecular complexity index is 457. The normalized spacial score (nSPS) is 10.2. The Morgan fingerprint density at radius 1 is 1.20 bits per heavy atom. The van der Waals surface area contributed by atoms with E-state index in [9.17, 15) is 0 Å². The number of nitrogens with zero attached hydrogens (tertiary/aromatic N) is 2. The van der Waals surface area contributed by atoms with Crippen molar-refractivity contribution in [1.82, 2.24) is 9.97 Å². The molecule has 0 aliphatic heterocycles. The zero-order valence-corrected chi connectivity index (χ0v) is 8.78. The van der Waals surface area contributed by atoms with Gasteiger partial charge in [-0.2, -0.15) is 0 Å². The maximum atomic E-state index is 5.80. The van der Waals surface area contributed by atoms with Crippen molar-refractivity contribution in [2.24, 2.45) is 0 Å². The minimum atomic E-state index is 0.454. The molecule has 2 N–H and O–H groups in total. The molecule has 4 heteroatoms. The Balaban J connectivity index is 2.28. The molecule has 0 saturated heterocycles. The smallest absolute Gasteiger partial charge is 0.129 e. The van der Waals surface area contributed by atoms with Crippen LogP contribution in [0.3, 0.4) is 0 Å². The van der Waals surface area contributed by atoms with E-state index in [4.69, 9.17) is 17.3 Å². The summed E-state index contributed by atoms with van der Waals surface area (Å²) in [6.45, 7) is 0. The lowest BCUT2D eigenvalue weighted by Gasteiger charge is -2.04. The molecule has 0 fully saturated rings. The molecule has 2 aromatic heterocycles. The van der Waals surface area contributed by atoms with E-state index < -0.39 is 0 Å². The molecule has 0 bridgehead atoms. The maximum Gasteiger partial charge on any atom is 0.129 e. The first-order chi connectivity index (χ1) is 7.25. The first-order valence-electron chi connectivity index (χ1n) is 4.56. The fraction of sp³-hybridized carbons (Fsp3) is 0.0909. The number of pyridine rings is 2. The van der Waals surface area contributed by atoms with E-state index >= 15 is 0 Å². The Morgan fingerprint density at radius 2 is 2.07 bits per heavy atom. The highest BCUT2D eigenvalue weighted by Crippen LogP contribution is 2.16. The predicted octanol–water partition coefficient (Wildman–Crippen LogP) is 2.30. The summed E-state index contributed by atoms with van der Waals surface area (Å²) in [5, 5.41) is 0.454. The second kappa shape index (κ2) is 4.28. The van der Waals surface area contributed by atoms with Crippen molar-refractivity contribution < 1.29 is 0 Å². The van der Waals surface area contributed by atoms with Gasteiger partial charge < -0.3 is 5.73 Å². The average molecular weight is 220 g/mol. The van der Waals surface area contributed by atoms with Gasteiger partial charge in [0.1, 0.15) is 5.15 Å². The summed E-state index contributed by atoms with van der Waals surface area (Å²) in [5.41, 5.74) is 8.13. The van der Waals surface area contributed by atoms with Crippen molar-refractivity contribution in [3.8, 4) is 0 Å². The zero-order chi connectivity index (χ0) is 10.7. The molecule has 2 rings (SSSR count). The van der Waals surface area contributed by atoms with E-state index in [1.807, 2.05) is 18.2 Å². The monoisotopic (exact) mass is 219 g/mol. The van der Waals surface area contributed by atoms with Gasteiger partial charge in [-0.05, 0) is 24.3 Å². The van der Waals surface area contributed by atoms with Crippen LogP contribution in [0.25, 0.3) is 0 Å². The van der Waals surface area contributed by atoms with E-state index in [1.54, 1.807) is 18.3 Å². The van der Waals surface area contributed by atoms with Gasteiger partial charge in [0.05, 0.1) is 11.4 Å². The largest absolute Gasteiger partial charge is 0.397 e. The summed E-state index contributed by atoms with van der Waals surface area (Å²) in [6.07, 6.45) is 2.35. The third-order valence-electron chi connectivity index (χ3n) is 2.05. The topological polar surface area (TPSA) is 51.8 Å². The number of hydrogen-bond donors (Lipinski definition) is 1. The molecule has 76 valence electrons. The highest BCUT2D eigenvalue weighted by molar-refractivity contribution is 6.29. The molecule has 0 aliphatic carbocycles. The van der Waals surface area contributed by atoms with Crippen molar-refractivity contribution in [2.45, 2.75) is 6.42 Å². The summed E-state index contributed by atoms with van der Waals surface area (Å²) in [6, 6.07) is 9.18. The van der Waals surface area contributed by atoms with Crippen LogP contribution in [0.2, 0.25) is 5.15 Å². The molecular weight excluding hydrogens is 210 g/mol. The van der Waals surface area contributed by atoms with Crippen molar-refractivity contribution in [2.75, 3.05) is 5.73 Å². The third kappa shape index (κ3) is 2.44. The van der Waals surface area contributed by atoms with Gasteiger partial charge in [0, 0.05) is 18.3 Å². The minimum absolute atomic E-state index is 0.454. The predicted molar refractivity (Wildman–Crippen MR) is 60.7 cm³/mol. The lowest BCUT2D eigenvalue weighted by atomic mass is 10.2. The summed E-state index contributed by atoms with van der Waals surface area (Å²) in [5.74, 6) is 0. The van der Waals surface area contributed by atoms with Crippen LogP contribution in [0, 0.1) is 0 Å². The molecule has 15 heavy (non-hydrogen) atoms. The summed E-state index contributed by atoms with van der Waals surface area (Å²) < 4.78 is 0. The van der Waals surface area contributed by atoms with Crippen molar-refractivity contribution in [3.05, 3.63) is 53.1 Å². The van der Waals surface area contributed by atoms with Gasteiger partial charge in [-0.15, -0.1) is 0 Å². The van der Waals surface area contributed by atoms with E-state index in [-0.39, 0.29) is 0 Å². The summed E-state index contributed by atoms with van der Waals surface area (Å²) in [4.78, 5) is 8.37. The molecule has 0 aromatic carbocycles. The molecule has 2 heterocycles. The molecule has 2 aromatic rings. The van der Waals surface area contributed by atoms with Gasteiger partial charge in [-0.1, -0.05) is 17.7 Å². The number of halogens is 1. The average Bonchev–Trinajstić information content (AvgIpc) is 2.25. The third-order valence-corrected chi connectivity index (χ3v) is 2.26. The zero-order valence-electron chi connectivity index (χ0n) is 8.02. The highest BCUT2D eigenvalue weighted by Gasteiger charge is 2.03. The second-order valence-electron chi connectivity index (χ2n) is 3.17. The lowest BCUT2D eigenvalue weighted by molar-refractivity contribution is 1.02. The number of rotatable bonds is 2. The standard InChI is InChI=1S/C11H10ClN3/c12-11-5-4-9(13)10(15-11)7-8-3-1-2-6-14-8/h1-6H,7,13H2. The van der Waals surface area contributed by atoms with Crippen LogP contribution in [0.1, 0.15) is 11.4 Å². The van der Waals surface area contributed by atoms with Gasteiger partial charge >= 0.3 is 0 Å². The molecule has 0 atom stereocenters. The number of nitrogen functional groups attached to an aromatic ring is 1. The summed E-state index contributed by atoms with van der Waals surface area (Å²) >= 11 is 5.80. The van der Waals surface area contributed by atoms with Crippen LogP contribution in [-0.4, -0.2) is 9.97 Å². The number of anilines is 1. The molecular formula is C11H10ClN3. The molecule has 0 amide bonds. The van der Waals surface area contributed by atoms with Crippen LogP contribution in [0.15, 0.2) is 36.5 Å². The maximum absolute atomic E-state index is 5.80. The number of nitrogens with two attached hydrogens (primary N) is 1. The van der Waals surface area contributed by atoms with Gasteiger partial charge in [-0.3, -0.25) is 4.98 Å². The molecule has 3 nitrogen and oxygen atoms in total. The van der Waals surface area contributed by atoms with Crippen LogP contribution >= 0.6 is 11.6 Å². The van der Waals surface area contributed by atoms with Crippen LogP contribution in [0.4, 0.5) is 5.69 Å². The van der Waals surface area contributed by atoms with E-state index in [0.29, 0.717) is 17.3 Å². The molecule has 0 spiro atoms. The van der Waals surface area contributed by atoms with Gasteiger partial charge in [0.15, 0.2) is 0 Å². The fourth-order valence-corrected chi connectivity index (χ4v) is 1.47. The Kier molecular flexibility index (Phi) is 2.83. The number of hydrogen-bond acceptors (Lipinski definition) is 3. The first-order valence-corrected chi connectivity index (χ1v) is 4.94. The quantitative estimate of drug-likeness (QED) is 0.789. The summed E-state index contributed by atoms with van der Waals surface area (Å²) in [7, 11) is 0. The second-order valence-corrected chi connectivity index (χ2v) is 3.55. The molecule has 0 unspecified atom stereocenters. The molecule has 0 saturated carbocycles. The lowest BCUT2D eigenvalue weighted by Crippen LogP contribution is -2.00. The minimum Gasteiger partial charge on any atom is -0.397 e. The molecule has 0 radical (unpaired) electrons. The van der Waals surface area contributed by atoms with E-state index in [1.165, 1.54) is 0 Å². The van der Waals surface area contributed by atoms with Gasteiger partial charge in [0.25, 0.3) is 0 Å². The van der Waals surface area contributed by atoms with Crippen LogP contribution in [0.5, 0.6) is 0 Å². The Labute approximate surface area is 92.9 Å². The Morgan fingerprint density at radius 3 is 2.80 bits per heavy atom. The van der Waals surface area contributed by atoms with Gasteiger partial charge in [-0.25, -0.2) is 4.98 Å². The van der Waals surface area contributed by atoms with E-state index in [2.05, 4.69) is 9.97 Å². The van der Waals surface area contributed by atoms with Crippen LogP contribution < -0.4 is 5.73 Å².